The van der Waals surface area contributed by atoms with E-state index in [0.29, 0.717) is 6.54 Å². The SMILES string of the molecule is NC/C=C/CCN1CCCC1. The van der Waals surface area contributed by atoms with Crippen LogP contribution in [0.4, 0.5) is 0 Å². The highest BCUT2D eigenvalue weighted by Gasteiger charge is 2.08. The molecule has 11 heavy (non-hydrogen) atoms. The number of rotatable bonds is 4. The molecule has 0 atom stereocenters. The Bertz CT molecular complexity index is 115. The molecule has 0 radical (unpaired) electrons. The fourth-order valence-electron chi connectivity index (χ4n) is 1.48. The highest BCUT2D eigenvalue weighted by atomic mass is 15.1. The predicted octanol–water partition coefficient (Wildman–Crippen LogP) is 0.987. The molecular formula is C9H18N2. The monoisotopic (exact) mass is 154 g/mol. The number of nitrogens with zero attached hydrogens (tertiary/aromatic N) is 1. The first-order valence-electron chi connectivity index (χ1n) is 4.51. The first-order valence-corrected chi connectivity index (χ1v) is 4.51. The molecule has 0 aliphatic carbocycles. The van der Waals surface area contributed by atoms with Crippen LogP contribution in [0.15, 0.2) is 12.2 Å². The van der Waals surface area contributed by atoms with Gasteiger partial charge in [0.1, 0.15) is 0 Å². The van der Waals surface area contributed by atoms with Gasteiger partial charge in [0.05, 0.1) is 0 Å². The zero-order valence-corrected chi connectivity index (χ0v) is 7.13. The molecule has 1 saturated heterocycles. The smallest absolute Gasteiger partial charge is 0.0106 e. The van der Waals surface area contributed by atoms with Gasteiger partial charge in [0.2, 0.25) is 0 Å². The molecule has 2 N–H and O–H groups in total. The van der Waals surface area contributed by atoms with E-state index < -0.39 is 0 Å². The van der Waals surface area contributed by atoms with Crippen LogP contribution in [-0.2, 0) is 0 Å². The lowest BCUT2D eigenvalue weighted by Crippen LogP contribution is -2.19. The van der Waals surface area contributed by atoms with Crippen LogP contribution >= 0.6 is 0 Å². The maximum atomic E-state index is 5.32. The Morgan fingerprint density at radius 3 is 2.55 bits per heavy atom. The average Bonchev–Trinajstić information content (AvgIpc) is 2.50. The molecule has 1 heterocycles. The van der Waals surface area contributed by atoms with Crippen molar-refractivity contribution in [1.82, 2.24) is 4.90 Å². The minimum absolute atomic E-state index is 0.681. The van der Waals surface area contributed by atoms with Crippen molar-refractivity contribution < 1.29 is 0 Å². The van der Waals surface area contributed by atoms with Gasteiger partial charge in [-0.3, -0.25) is 0 Å². The minimum atomic E-state index is 0.681. The number of hydrogen-bond donors (Lipinski definition) is 1. The van der Waals surface area contributed by atoms with E-state index in [1.165, 1.54) is 32.5 Å². The average molecular weight is 154 g/mol. The molecular weight excluding hydrogens is 136 g/mol. The van der Waals surface area contributed by atoms with Gasteiger partial charge in [-0.1, -0.05) is 12.2 Å². The second-order valence-electron chi connectivity index (χ2n) is 3.04. The molecule has 2 nitrogen and oxygen atoms in total. The number of likely N-dealkylation sites (tertiary alicyclic amines) is 1. The summed E-state index contributed by atoms with van der Waals surface area (Å²) in [6.07, 6.45) is 8.16. The van der Waals surface area contributed by atoms with E-state index in [0.717, 1.165) is 6.42 Å². The second-order valence-corrected chi connectivity index (χ2v) is 3.04. The second kappa shape index (κ2) is 5.33. The predicted molar refractivity (Wildman–Crippen MR) is 48.5 cm³/mol. The maximum absolute atomic E-state index is 5.32. The van der Waals surface area contributed by atoms with Crippen molar-refractivity contribution in [2.75, 3.05) is 26.2 Å². The van der Waals surface area contributed by atoms with Crippen LogP contribution in [0.2, 0.25) is 0 Å². The van der Waals surface area contributed by atoms with Crippen molar-refractivity contribution in [3.8, 4) is 0 Å². The third kappa shape index (κ3) is 3.54. The topological polar surface area (TPSA) is 29.3 Å². The van der Waals surface area contributed by atoms with Crippen molar-refractivity contribution in [3.05, 3.63) is 12.2 Å². The summed E-state index contributed by atoms with van der Waals surface area (Å²) < 4.78 is 0. The van der Waals surface area contributed by atoms with Crippen LogP contribution in [0.1, 0.15) is 19.3 Å². The van der Waals surface area contributed by atoms with Crippen molar-refractivity contribution in [3.63, 3.8) is 0 Å². The molecule has 0 unspecified atom stereocenters. The lowest BCUT2D eigenvalue weighted by Gasteiger charge is -2.11. The molecule has 0 bridgehead atoms. The Balaban J connectivity index is 1.97. The largest absolute Gasteiger partial charge is 0.327 e. The molecule has 1 fully saturated rings. The van der Waals surface area contributed by atoms with Crippen LogP contribution in [0, 0.1) is 0 Å². The Hall–Kier alpha value is -0.340. The van der Waals surface area contributed by atoms with Crippen molar-refractivity contribution in [1.29, 1.82) is 0 Å². The molecule has 1 rings (SSSR count). The summed E-state index contributed by atoms with van der Waals surface area (Å²) in [4.78, 5) is 2.51. The van der Waals surface area contributed by atoms with Crippen molar-refractivity contribution in [2.24, 2.45) is 5.73 Å². The summed E-state index contributed by atoms with van der Waals surface area (Å²) in [5, 5.41) is 0. The summed E-state index contributed by atoms with van der Waals surface area (Å²) >= 11 is 0. The van der Waals surface area contributed by atoms with Crippen LogP contribution < -0.4 is 5.73 Å². The summed E-state index contributed by atoms with van der Waals surface area (Å²) in [7, 11) is 0. The van der Waals surface area contributed by atoms with Crippen molar-refractivity contribution in [2.45, 2.75) is 19.3 Å². The fourth-order valence-corrected chi connectivity index (χ4v) is 1.48. The molecule has 64 valence electrons. The normalized spacial score (nSPS) is 20.1. The van der Waals surface area contributed by atoms with Gasteiger partial charge in [0.25, 0.3) is 0 Å². The van der Waals surface area contributed by atoms with Gasteiger partial charge in [-0.05, 0) is 32.4 Å². The van der Waals surface area contributed by atoms with Crippen LogP contribution in [0.25, 0.3) is 0 Å². The maximum Gasteiger partial charge on any atom is 0.0106 e. The zero-order chi connectivity index (χ0) is 7.94. The molecule has 1 aliphatic heterocycles. The molecule has 0 aromatic heterocycles. The first-order chi connectivity index (χ1) is 5.43. The van der Waals surface area contributed by atoms with Crippen LogP contribution in [0.5, 0.6) is 0 Å². The Morgan fingerprint density at radius 2 is 1.91 bits per heavy atom. The molecule has 2 heteroatoms. The lowest BCUT2D eigenvalue weighted by atomic mass is 10.3. The number of hydrogen-bond acceptors (Lipinski definition) is 2. The summed E-state index contributed by atoms with van der Waals surface area (Å²) in [6.45, 7) is 4.50. The van der Waals surface area contributed by atoms with Gasteiger partial charge in [-0.15, -0.1) is 0 Å². The van der Waals surface area contributed by atoms with Gasteiger partial charge in [0, 0.05) is 13.1 Å². The van der Waals surface area contributed by atoms with Gasteiger partial charge >= 0.3 is 0 Å². The minimum Gasteiger partial charge on any atom is -0.327 e. The van der Waals surface area contributed by atoms with Gasteiger partial charge in [0.15, 0.2) is 0 Å². The van der Waals surface area contributed by atoms with E-state index in [1.54, 1.807) is 0 Å². The first kappa shape index (κ1) is 8.75. The van der Waals surface area contributed by atoms with Crippen LogP contribution in [0.3, 0.4) is 0 Å². The molecule has 0 aromatic rings. The van der Waals surface area contributed by atoms with Gasteiger partial charge < -0.3 is 10.6 Å². The van der Waals surface area contributed by atoms with E-state index in [1.807, 2.05) is 6.08 Å². The standard InChI is InChI=1S/C9H18N2/c10-6-2-1-3-7-11-8-4-5-9-11/h1-2H,3-10H2/b2-1+. The zero-order valence-electron chi connectivity index (χ0n) is 7.13. The third-order valence-corrected chi connectivity index (χ3v) is 2.11. The fraction of sp³-hybridized carbons (Fsp3) is 0.778. The summed E-state index contributed by atoms with van der Waals surface area (Å²) in [5.41, 5.74) is 5.32. The Labute approximate surface area is 69.1 Å². The Kier molecular flexibility index (Phi) is 4.24. The number of nitrogens with two attached hydrogens (primary N) is 1. The van der Waals surface area contributed by atoms with E-state index in [-0.39, 0.29) is 0 Å². The van der Waals surface area contributed by atoms with Crippen molar-refractivity contribution >= 4 is 0 Å². The van der Waals surface area contributed by atoms with E-state index >= 15 is 0 Å². The molecule has 0 saturated carbocycles. The van der Waals surface area contributed by atoms with E-state index in [9.17, 15) is 0 Å². The molecule has 0 spiro atoms. The molecule has 0 aromatic carbocycles. The quantitative estimate of drug-likeness (QED) is 0.612. The van der Waals surface area contributed by atoms with Gasteiger partial charge in [-0.25, -0.2) is 0 Å². The lowest BCUT2D eigenvalue weighted by molar-refractivity contribution is 0.346. The highest BCUT2D eigenvalue weighted by Crippen LogP contribution is 2.07. The van der Waals surface area contributed by atoms with Gasteiger partial charge in [-0.2, -0.15) is 0 Å². The third-order valence-electron chi connectivity index (χ3n) is 2.11. The summed E-state index contributed by atoms with van der Waals surface area (Å²) in [6, 6.07) is 0. The van der Waals surface area contributed by atoms with E-state index in [4.69, 9.17) is 5.73 Å². The van der Waals surface area contributed by atoms with Crippen LogP contribution in [-0.4, -0.2) is 31.1 Å². The molecule has 1 aliphatic rings. The van der Waals surface area contributed by atoms with E-state index in [2.05, 4.69) is 11.0 Å². The highest BCUT2D eigenvalue weighted by molar-refractivity contribution is 4.83. The Morgan fingerprint density at radius 1 is 1.18 bits per heavy atom. The summed E-state index contributed by atoms with van der Waals surface area (Å²) in [5.74, 6) is 0. The molecule has 0 amide bonds.